The zero-order chi connectivity index (χ0) is 17.6. The number of likely N-dealkylation sites (N-methyl/N-ethyl adjacent to an activating group) is 1. The van der Waals surface area contributed by atoms with Gasteiger partial charge >= 0.3 is 0 Å². The molecule has 5 heteroatoms. The predicted octanol–water partition coefficient (Wildman–Crippen LogP) is 3.08. The topological polar surface area (TPSA) is 46.0 Å². The van der Waals surface area contributed by atoms with Crippen molar-refractivity contribution in [3.8, 4) is 11.3 Å². The van der Waals surface area contributed by atoms with E-state index in [1.54, 1.807) is 0 Å². The lowest BCUT2D eigenvalue weighted by atomic mass is 9.83. The van der Waals surface area contributed by atoms with Gasteiger partial charge in [-0.1, -0.05) is 19.3 Å². The van der Waals surface area contributed by atoms with Gasteiger partial charge in [0.15, 0.2) is 0 Å². The third kappa shape index (κ3) is 4.67. The van der Waals surface area contributed by atoms with Crippen LogP contribution in [0.15, 0.2) is 30.7 Å². The van der Waals surface area contributed by atoms with Crippen LogP contribution in [0.25, 0.3) is 11.3 Å². The second kappa shape index (κ2) is 8.59. The lowest BCUT2D eigenvalue weighted by molar-refractivity contribution is 0.166. The van der Waals surface area contributed by atoms with Gasteiger partial charge in [-0.3, -0.25) is 9.67 Å². The molecule has 0 radical (unpaired) electrons. The maximum absolute atomic E-state index is 4.64. The average molecular weight is 342 g/mol. The van der Waals surface area contributed by atoms with E-state index >= 15 is 0 Å². The number of nitrogens with one attached hydrogen (secondary N) is 1. The number of rotatable bonds is 7. The predicted molar refractivity (Wildman–Crippen MR) is 102 cm³/mol. The largest absolute Gasteiger partial charge is 0.311 e. The Hall–Kier alpha value is -1.72. The van der Waals surface area contributed by atoms with Crippen LogP contribution in [0, 0.1) is 5.92 Å². The Morgan fingerprint density at radius 1 is 1.20 bits per heavy atom. The van der Waals surface area contributed by atoms with E-state index in [1.807, 2.05) is 36.3 Å². The lowest BCUT2D eigenvalue weighted by Gasteiger charge is -2.35. The molecule has 5 nitrogen and oxygen atoms in total. The average Bonchev–Trinajstić information content (AvgIpc) is 3.00. The molecule has 0 amide bonds. The van der Waals surface area contributed by atoms with E-state index < -0.39 is 0 Å². The lowest BCUT2D eigenvalue weighted by Crippen LogP contribution is -2.43. The maximum Gasteiger partial charge on any atom is 0.0969 e. The van der Waals surface area contributed by atoms with Crippen LogP contribution in [0.2, 0.25) is 0 Å². The first-order valence-electron chi connectivity index (χ1n) is 9.45. The Bertz CT molecular complexity index is 643. The minimum atomic E-state index is 0.612. The van der Waals surface area contributed by atoms with Gasteiger partial charge in [-0.15, -0.1) is 0 Å². The Morgan fingerprint density at radius 2 is 1.92 bits per heavy atom. The normalized spacial score (nSPS) is 17.1. The second-order valence-corrected chi connectivity index (χ2v) is 7.47. The summed E-state index contributed by atoms with van der Waals surface area (Å²) < 4.78 is 1.90. The molecule has 0 saturated heterocycles. The summed E-state index contributed by atoms with van der Waals surface area (Å²) in [6.07, 6.45) is 12.7. The first-order chi connectivity index (χ1) is 12.1. The van der Waals surface area contributed by atoms with E-state index in [4.69, 9.17) is 0 Å². The summed E-state index contributed by atoms with van der Waals surface area (Å²) in [6, 6.07) is 4.66. The van der Waals surface area contributed by atoms with E-state index in [0.29, 0.717) is 6.04 Å². The molecule has 1 aliphatic carbocycles. The molecule has 2 aromatic rings. The molecule has 1 saturated carbocycles. The fourth-order valence-corrected chi connectivity index (χ4v) is 4.06. The smallest absolute Gasteiger partial charge is 0.0969 e. The van der Waals surface area contributed by atoms with Crippen molar-refractivity contribution in [3.63, 3.8) is 0 Å². The molecule has 1 N–H and O–H groups in total. The molecule has 1 aliphatic rings. The van der Waals surface area contributed by atoms with Crippen molar-refractivity contribution in [1.29, 1.82) is 0 Å². The molecule has 0 spiro atoms. The molecule has 136 valence electrons. The van der Waals surface area contributed by atoms with Gasteiger partial charge in [-0.05, 0) is 45.0 Å². The van der Waals surface area contributed by atoms with Gasteiger partial charge in [0.25, 0.3) is 0 Å². The van der Waals surface area contributed by atoms with Crippen LogP contribution in [0.1, 0.15) is 37.7 Å². The van der Waals surface area contributed by atoms with E-state index in [1.165, 1.54) is 37.7 Å². The van der Waals surface area contributed by atoms with Gasteiger partial charge < -0.3 is 10.2 Å². The monoisotopic (exact) mass is 341 g/mol. The number of aromatic nitrogens is 3. The van der Waals surface area contributed by atoms with Crippen molar-refractivity contribution in [3.05, 3.63) is 36.3 Å². The first kappa shape index (κ1) is 18.1. The van der Waals surface area contributed by atoms with Crippen LogP contribution in [-0.4, -0.2) is 46.3 Å². The van der Waals surface area contributed by atoms with Crippen LogP contribution < -0.4 is 5.32 Å². The second-order valence-electron chi connectivity index (χ2n) is 7.47. The minimum absolute atomic E-state index is 0.612. The number of nitrogens with zero attached hydrogens (tertiary/aromatic N) is 4. The van der Waals surface area contributed by atoms with Gasteiger partial charge in [0, 0.05) is 55.9 Å². The van der Waals surface area contributed by atoms with Gasteiger partial charge in [-0.25, -0.2) is 0 Å². The number of pyridine rings is 1. The molecule has 0 aliphatic heterocycles. The molecule has 1 atom stereocenters. The van der Waals surface area contributed by atoms with Crippen molar-refractivity contribution in [1.82, 2.24) is 25.0 Å². The van der Waals surface area contributed by atoms with Crippen LogP contribution in [0.5, 0.6) is 0 Å². The molecular formula is C20H31N5. The highest BCUT2D eigenvalue weighted by atomic mass is 15.3. The highest BCUT2D eigenvalue weighted by Gasteiger charge is 2.25. The Balaban J connectivity index is 1.63. The fourth-order valence-electron chi connectivity index (χ4n) is 4.06. The number of hydrogen-bond acceptors (Lipinski definition) is 4. The molecule has 25 heavy (non-hydrogen) atoms. The number of aryl methyl sites for hydroxylation is 1. The summed E-state index contributed by atoms with van der Waals surface area (Å²) in [5.74, 6) is 0.824. The maximum atomic E-state index is 4.64. The van der Waals surface area contributed by atoms with E-state index in [9.17, 15) is 0 Å². The Morgan fingerprint density at radius 3 is 2.60 bits per heavy atom. The summed E-state index contributed by atoms with van der Waals surface area (Å²) in [6.45, 7) is 1.88. The summed E-state index contributed by atoms with van der Waals surface area (Å²) in [4.78, 5) is 6.51. The quantitative estimate of drug-likeness (QED) is 0.841. The zero-order valence-corrected chi connectivity index (χ0v) is 15.8. The highest BCUT2D eigenvalue weighted by molar-refractivity contribution is 5.61. The van der Waals surface area contributed by atoms with Crippen LogP contribution in [0.4, 0.5) is 0 Å². The summed E-state index contributed by atoms with van der Waals surface area (Å²) in [7, 11) is 6.42. The van der Waals surface area contributed by atoms with Crippen molar-refractivity contribution in [2.75, 3.05) is 20.6 Å². The summed E-state index contributed by atoms with van der Waals surface area (Å²) >= 11 is 0. The molecule has 2 heterocycles. The minimum Gasteiger partial charge on any atom is -0.311 e. The van der Waals surface area contributed by atoms with Crippen LogP contribution in [0.3, 0.4) is 0 Å². The SMILES string of the molecule is CN(C)C(CNCc1cn(C)nc1-c1ccncc1)C1CCCCC1. The molecule has 1 unspecified atom stereocenters. The fraction of sp³-hybridized carbons (Fsp3) is 0.600. The van der Waals surface area contributed by atoms with E-state index in [0.717, 1.165) is 30.3 Å². The Kier molecular flexibility index (Phi) is 6.21. The van der Waals surface area contributed by atoms with Crippen molar-refractivity contribution >= 4 is 0 Å². The zero-order valence-electron chi connectivity index (χ0n) is 15.8. The molecule has 0 aromatic carbocycles. The van der Waals surface area contributed by atoms with Crippen molar-refractivity contribution in [2.24, 2.45) is 13.0 Å². The molecule has 1 fully saturated rings. The van der Waals surface area contributed by atoms with Crippen LogP contribution in [-0.2, 0) is 13.6 Å². The first-order valence-corrected chi connectivity index (χ1v) is 9.45. The van der Waals surface area contributed by atoms with Gasteiger partial charge in [0.05, 0.1) is 5.69 Å². The van der Waals surface area contributed by atoms with E-state index in [2.05, 4.69) is 40.6 Å². The van der Waals surface area contributed by atoms with Gasteiger partial charge in [0.2, 0.25) is 0 Å². The highest BCUT2D eigenvalue weighted by Crippen LogP contribution is 2.28. The van der Waals surface area contributed by atoms with Crippen molar-refractivity contribution < 1.29 is 0 Å². The molecule has 3 rings (SSSR count). The van der Waals surface area contributed by atoms with E-state index in [-0.39, 0.29) is 0 Å². The number of hydrogen-bond donors (Lipinski definition) is 1. The van der Waals surface area contributed by atoms with Crippen molar-refractivity contribution in [2.45, 2.75) is 44.7 Å². The Labute approximate surface area is 151 Å². The van der Waals surface area contributed by atoms with Gasteiger partial charge in [-0.2, -0.15) is 5.10 Å². The van der Waals surface area contributed by atoms with Crippen LogP contribution >= 0.6 is 0 Å². The molecule has 2 aromatic heterocycles. The standard InChI is InChI=1S/C20H31N5/c1-24(2)19(16-7-5-4-6-8-16)14-22-13-18-15-25(3)23-20(18)17-9-11-21-12-10-17/h9-12,15-16,19,22H,4-8,13-14H2,1-3H3. The summed E-state index contributed by atoms with van der Waals surface area (Å²) in [5, 5.41) is 8.34. The summed E-state index contributed by atoms with van der Waals surface area (Å²) in [5.41, 5.74) is 3.43. The molecular weight excluding hydrogens is 310 g/mol. The third-order valence-electron chi connectivity index (χ3n) is 5.38. The third-order valence-corrected chi connectivity index (χ3v) is 5.38. The molecule has 0 bridgehead atoms. The van der Waals surface area contributed by atoms with Gasteiger partial charge in [0.1, 0.15) is 0 Å².